The van der Waals surface area contributed by atoms with Crippen LogP contribution in [-0.2, 0) is 6.18 Å². The van der Waals surface area contributed by atoms with Gasteiger partial charge in [-0.25, -0.2) is 4.39 Å². The first kappa shape index (κ1) is 12.4. The van der Waals surface area contributed by atoms with E-state index in [0.29, 0.717) is 12.1 Å². The standard InChI is InChI=1S/C12H12F4O/c13-10-5-4-8(12(14,15)16)6-9(10)11(17)7-2-1-3-7/h4-7,11,17H,1-3H2. The maximum absolute atomic E-state index is 13.4. The molecule has 2 rings (SSSR count). The molecule has 0 aliphatic heterocycles. The van der Waals surface area contributed by atoms with Gasteiger partial charge in [-0.15, -0.1) is 0 Å². The summed E-state index contributed by atoms with van der Waals surface area (Å²) in [5.74, 6) is -0.898. The van der Waals surface area contributed by atoms with Gasteiger partial charge in [0.2, 0.25) is 0 Å². The van der Waals surface area contributed by atoms with Gasteiger partial charge in [0.05, 0.1) is 11.7 Å². The lowest BCUT2D eigenvalue weighted by molar-refractivity contribution is -0.137. The minimum atomic E-state index is -4.51. The van der Waals surface area contributed by atoms with Crippen LogP contribution in [0.15, 0.2) is 18.2 Å². The minimum absolute atomic E-state index is 0.118. The van der Waals surface area contributed by atoms with E-state index in [1.165, 1.54) is 0 Å². The third-order valence-corrected chi connectivity index (χ3v) is 3.24. The highest BCUT2D eigenvalue weighted by Crippen LogP contribution is 2.40. The third kappa shape index (κ3) is 2.44. The highest BCUT2D eigenvalue weighted by Gasteiger charge is 2.34. The van der Waals surface area contributed by atoms with E-state index in [0.717, 1.165) is 25.3 Å². The Morgan fingerprint density at radius 3 is 2.35 bits per heavy atom. The lowest BCUT2D eigenvalue weighted by Gasteiger charge is -2.30. The molecule has 1 aromatic carbocycles. The van der Waals surface area contributed by atoms with E-state index in [4.69, 9.17) is 0 Å². The zero-order valence-electron chi connectivity index (χ0n) is 8.97. The van der Waals surface area contributed by atoms with Gasteiger partial charge in [-0.05, 0) is 37.0 Å². The number of halogens is 4. The largest absolute Gasteiger partial charge is 0.416 e. The average molecular weight is 248 g/mol. The third-order valence-electron chi connectivity index (χ3n) is 3.24. The van der Waals surface area contributed by atoms with Gasteiger partial charge in [0.1, 0.15) is 5.82 Å². The summed E-state index contributed by atoms with van der Waals surface area (Å²) >= 11 is 0. The van der Waals surface area contributed by atoms with Crippen molar-refractivity contribution >= 4 is 0 Å². The highest BCUT2D eigenvalue weighted by atomic mass is 19.4. The molecule has 0 heterocycles. The molecule has 0 aromatic heterocycles. The van der Waals surface area contributed by atoms with Crippen molar-refractivity contribution in [1.82, 2.24) is 0 Å². The van der Waals surface area contributed by atoms with Crippen molar-refractivity contribution in [3.63, 3.8) is 0 Å². The minimum Gasteiger partial charge on any atom is -0.388 e. The summed E-state index contributed by atoms with van der Waals surface area (Å²) < 4.78 is 50.8. The fourth-order valence-corrected chi connectivity index (χ4v) is 1.96. The summed E-state index contributed by atoms with van der Waals surface area (Å²) in [4.78, 5) is 0. The summed E-state index contributed by atoms with van der Waals surface area (Å²) in [6.45, 7) is 0. The molecule has 0 saturated heterocycles. The lowest BCUT2D eigenvalue weighted by atomic mass is 9.78. The van der Waals surface area contributed by atoms with Gasteiger partial charge in [0, 0.05) is 5.56 Å². The van der Waals surface area contributed by atoms with Crippen LogP contribution in [0.5, 0.6) is 0 Å². The van der Waals surface area contributed by atoms with E-state index >= 15 is 0 Å². The van der Waals surface area contributed by atoms with E-state index in [9.17, 15) is 22.7 Å². The second kappa shape index (κ2) is 4.29. The number of aliphatic hydroxyl groups excluding tert-OH is 1. The predicted molar refractivity (Wildman–Crippen MR) is 53.7 cm³/mol. The predicted octanol–water partition coefficient (Wildman–Crippen LogP) is 3.68. The Balaban J connectivity index is 2.31. The molecule has 94 valence electrons. The van der Waals surface area contributed by atoms with Crippen LogP contribution in [0.4, 0.5) is 17.6 Å². The fraction of sp³-hybridized carbons (Fsp3) is 0.500. The van der Waals surface area contributed by atoms with Gasteiger partial charge in [0.25, 0.3) is 0 Å². The zero-order chi connectivity index (χ0) is 12.6. The van der Waals surface area contributed by atoms with Crippen LogP contribution in [-0.4, -0.2) is 5.11 Å². The molecule has 1 atom stereocenters. The number of hydrogen-bond donors (Lipinski definition) is 1. The van der Waals surface area contributed by atoms with Crippen LogP contribution in [0, 0.1) is 11.7 Å². The van der Waals surface area contributed by atoms with Crippen molar-refractivity contribution in [2.24, 2.45) is 5.92 Å². The van der Waals surface area contributed by atoms with Crippen molar-refractivity contribution in [2.75, 3.05) is 0 Å². The van der Waals surface area contributed by atoms with Gasteiger partial charge in [-0.1, -0.05) is 6.42 Å². The van der Waals surface area contributed by atoms with Crippen LogP contribution in [0.2, 0.25) is 0 Å². The van der Waals surface area contributed by atoms with Crippen LogP contribution in [0.25, 0.3) is 0 Å². The van der Waals surface area contributed by atoms with Gasteiger partial charge in [-0.3, -0.25) is 0 Å². The molecule has 1 unspecified atom stereocenters. The monoisotopic (exact) mass is 248 g/mol. The van der Waals surface area contributed by atoms with E-state index < -0.39 is 23.7 Å². The summed E-state index contributed by atoms with van der Waals surface area (Å²) in [5.41, 5.74) is -1.17. The summed E-state index contributed by atoms with van der Waals surface area (Å²) in [5, 5.41) is 9.80. The molecule has 1 fully saturated rings. The van der Waals surface area contributed by atoms with E-state index in [-0.39, 0.29) is 11.5 Å². The van der Waals surface area contributed by atoms with Gasteiger partial charge >= 0.3 is 6.18 Å². The Morgan fingerprint density at radius 1 is 1.24 bits per heavy atom. The van der Waals surface area contributed by atoms with Crippen LogP contribution in [0.3, 0.4) is 0 Å². The number of aliphatic hydroxyl groups is 1. The number of alkyl halides is 3. The molecule has 0 radical (unpaired) electrons. The topological polar surface area (TPSA) is 20.2 Å². The maximum atomic E-state index is 13.4. The average Bonchev–Trinajstić information content (AvgIpc) is 2.13. The normalized spacial score (nSPS) is 18.9. The highest BCUT2D eigenvalue weighted by molar-refractivity contribution is 5.29. The van der Waals surface area contributed by atoms with Crippen LogP contribution >= 0.6 is 0 Å². The second-order valence-corrected chi connectivity index (χ2v) is 4.37. The summed E-state index contributed by atoms with van der Waals surface area (Å²) in [7, 11) is 0. The van der Waals surface area contributed by atoms with Gasteiger partial charge < -0.3 is 5.11 Å². The maximum Gasteiger partial charge on any atom is 0.416 e. The molecule has 0 amide bonds. The molecule has 0 bridgehead atoms. The first-order valence-electron chi connectivity index (χ1n) is 5.44. The molecule has 1 aliphatic rings. The molecule has 1 aromatic rings. The van der Waals surface area contributed by atoms with Crippen molar-refractivity contribution in [3.05, 3.63) is 35.1 Å². The van der Waals surface area contributed by atoms with Crippen molar-refractivity contribution in [3.8, 4) is 0 Å². The zero-order valence-corrected chi connectivity index (χ0v) is 8.97. The number of rotatable bonds is 2. The molecule has 1 aliphatic carbocycles. The molecular formula is C12H12F4O. The SMILES string of the molecule is OC(c1cc(C(F)(F)F)ccc1F)C1CCC1. The number of benzene rings is 1. The number of hydrogen-bond acceptors (Lipinski definition) is 1. The Kier molecular flexibility index (Phi) is 3.12. The van der Waals surface area contributed by atoms with Crippen LogP contribution in [0.1, 0.15) is 36.5 Å². The fourth-order valence-electron chi connectivity index (χ4n) is 1.96. The molecule has 1 nitrogen and oxygen atoms in total. The van der Waals surface area contributed by atoms with Gasteiger partial charge in [-0.2, -0.15) is 13.2 Å². The first-order chi connectivity index (χ1) is 7.89. The van der Waals surface area contributed by atoms with E-state index in [1.807, 2.05) is 0 Å². The van der Waals surface area contributed by atoms with Crippen molar-refractivity contribution < 1.29 is 22.7 Å². The second-order valence-electron chi connectivity index (χ2n) is 4.37. The van der Waals surface area contributed by atoms with Gasteiger partial charge in [0.15, 0.2) is 0 Å². The molecule has 1 N–H and O–H groups in total. The van der Waals surface area contributed by atoms with Crippen molar-refractivity contribution in [1.29, 1.82) is 0 Å². The smallest absolute Gasteiger partial charge is 0.388 e. The Labute approximate surface area is 96.1 Å². The summed E-state index contributed by atoms with van der Waals surface area (Å²) in [6.07, 6.45) is -3.25. The Bertz CT molecular complexity index is 409. The molecule has 17 heavy (non-hydrogen) atoms. The quantitative estimate of drug-likeness (QED) is 0.791. The molecule has 1 saturated carbocycles. The molecule has 0 spiro atoms. The summed E-state index contributed by atoms with van der Waals surface area (Å²) in [6, 6.07) is 2.16. The molecule has 5 heteroatoms. The Hall–Kier alpha value is -1.10. The van der Waals surface area contributed by atoms with Crippen LogP contribution < -0.4 is 0 Å². The Morgan fingerprint density at radius 2 is 1.88 bits per heavy atom. The van der Waals surface area contributed by atoms with E-state index in [2.05, 4.69) is 0 Å². The van der Waals surface area contributed by atoms with Crippen molar-refractivity contribution in [2.45, 2.75) is 31.5 Å². The molecular weight excluding hydrogens is 236 g/mol. The lowest BCUT2D eigenvalue weighted by Crippen LogP contribution is -2.21. The first-order valence-corrected chi connectivity index (χ1v) is 5.44. The van der Waals surface area contributed by atoms with E-state index in [1.54, 1.807) is 0 Å².